The van der Waals surface area contributed by atoms with Crippen molar-refractivity contribution >= 4 is 17.7 Å². The van der Waals surface area contributed by atoms with Gasteiger partial charge in [0, 0.05) is 11.0 Å². The third-order valence-electron chi connectivity index (χ3n) is 3.01. The molecule has 0 saturated heterocycles. The highest BCUT2D eigenvalue weighted by Gasteiger charge is 2.23. The molecule has 1 aliphatic rings. The lowest BCUT2D eigenvalue weighted by molar-refractivity contribution is -0.136. The summed E-state index contributed by atoms with van der Waals surface area (Å²) < 4.78 is 0. The Labute approximate surface area is 90.5 Å². The van der Waals surface area contributed by atoms with Gasteiger partial charge >= 0.3 is 5.97 Å². The molecule has 0 aromatic carbocycles. The van der Waals surface area contributed by atoms with E-state index in [-0.39, 0.29) is 0 Å². The van der Waals surface area contributed by atoms with Crippen molar-refractivity contribution in [3.63, 3.8) is 0 Å². The fourth-order valence-corrected chi connectivity index (χ4v) is 3.69. The summed E-state index contributed by atoms with van der Waals surface area (Å²) in [6.07, 6.45) is 6.92. The maximum atomic E-state index is 10.4. The second-order valence-electron chi connectivity index (χ2n) is 4.01. The van der Waals surface area contributed by atoms with Gasteiger partial charge in [-0.1, -0.05) is 26.2 Å². The molecule has 0 aromatic rings. The van der Waals surface area contributed by atoms with E-state index >= 15 is 0 Å². The van der Waals surface area contributed by atoms with Crippen LogP contribution in [0.5, 0.6) is 0 Å². The van der Waals surface area contributed by atoms with Gasteiger partial charge in [0.25, 0.3) is 0 Å². The van der Waals surface area contributed by atoms with E-state index < -0.39 is 5.97 Å². The van der Waals surface area contributed by atoms with Crippen molar-refractivity contribution in [2.24, 2.45) is 5.92 Å². The molecule has 0 radical (unpaired) electrons. The lowest BCUT2D eigenvalue weighted by Crippen LogP contribution is -2.21. The van der Waals surface area contributed by atoms with Gasteiger partial charge in [0.15, 0.2) is 0 Å². The highest BCUT2D eigenvalue weighted by molar-refractivity contribution is 7.99. The Morgan fingerprint density at radius 1 is 1.43 bits per heavy atom. The molecule has 2 nitrogen and oxygen atoms in total. The van der Waals surface area contributed by atoms with Crippen LogP contribution in [0.15, 0.2) is 0 Å². The van der Waals surface area contributed by atoms with Crippen LogP contribution in [0.1, 0.15) is 45.4 Å². The number of carboxylic acids is 1. The third kappa shape index (κ3) is 3.91. The summed E-state index contributed by atoms with van der Waals surface area (Å²) in [7, 11) is 0. The number of hydrogen-bond acceptors (Lipinski definition) is 2. The van der Waals surface area contributed by atoms with E-state index in [0.29, 0.717) is 6.42 Å². The fourth-order valence-electron chi connectivity index (χ4n) is 2.16. The molecule has 14 heavy (non-hydrogen) atoms. The maximum Gasteiger partial charge on any atom is 0.304 e. The van der Waals surface area contributed by atoms with Crippen LogP contribution in [-0.2, 0) is 4.79 Å². The number of aliphatic carboxylic acids is 1. The summed E-state index contributed by atoms with van der Waals surface area (Å²) in [5, 5.41) is 9.28. The molecule has 82 valence electrons. The van der Waals surface area contributed by atoms with Crippen molar-refractivity contribution in [1.82, 2.24) is 0 Å². The first-order valence-electron chi connectivity index (χ1n) is 5.57. The molecule has 1 fully saturated rings. The maximum absolute atomic E-state index is 10.4. The van der Waals surface area contributed by atoms with Gasteiger partial charge in [-0.2, -0.15) is 11.8 Å². The average Bonchev–Trinajstić information content (AvgIpc) is 2.18. The van der Waals surface area contributed by atoms with Gasteiger partial charge in [0.05, 0.1) is 6.42 Å². The van der Waals surface area contributed by atoms with E-state index in [1.165, 1.54) is 32.1 Å². The molecule has 0 amide bonds. The summed E-state index contributed by atoms with van der Waals surface area (Å²) in [6, 6.07) is 0. The van der Waals surface area contributed by atoms with Crippen molar-refractivity contribution in [3.05, 3.63) is 0 Å². The Morgan fingerprint density at radius 2 is 2.14 bits per heavy atom. The second kappa shape index (κ2) is 6.33. The molecule has 2 atom stereocenters. The molecule has 2 unspecified atom stereocenters. The summed E-state index contributed by atoms with van der Waals surface area (Å²) in [6.45, 7) is 2.25. The van der Waals surface area contributed by atoms with Gasteiger partial charge in [0.1, 0.15) is 0 Å². The zero-order chi connectivity index (χ0) is 10.4. The summed E-state index contributed by atoms with van der Waals surface area (Å²) >= 11 is 1.88. The molecule has 0 bridgehead atoms. The smallest absolute Gasteiger partial charge is 0.304 e. The zero-order valence-corrected chi connectivity index (χ0v) is 9.68. The van der Waals surface area contributed by atoms with Gasteiger partial charge in [-0.25, -0.2) is 0 Å². The minimum atomic E-state index is -0.665. The molecule has 0 aromatic heterocycles. The van der Waals surface area contributed by atoms with E-state index in [1.807, 2.05) is 11.8 Å². The fraction of sp³-hybridized carbons (Fsp3) is 0.909. The molecule has 1 saturated carbocycles. The Kier molecular flexibility index (Phi) is 5.38. The molecule has 1 aliphatic carbocycles. The first-order chi connectivity index (χ1) is 6.74. The van der Waals surface area contributed by atoms with Crippen LogP contribution in [0.4, 0.5) is 0 Å². The van der Waals surface area contributed by atoms with E-state index in [4.69, 9.17) is 5.11 Å². The Bertz CT molecular complexity index is 182. The number of thioether (sulfide) groups is 1. The lowest BCUT2D eigenvalue weighted by Gasteiger charge is -2.30. The summed E-state index contributed by atoms with van der Waals surface area (Å²) in [5.41, 5.74) is 0. The van der Waals surface area contributed by atoms with Gasteiger partial charge in [-0.15, -0.1) is 0 Å². The van der Waals surface area contributed by atoms with Gasteiger partial charge < -0.3 is 5.11 Å². The quantitative estimate of drug-likeness (QED) is 0.767. The van der Waals surface area contributed by atoms with Crippen molar-refractivity contribution in [2.75, 3.05) is 5.75 Å². The minimum Gasteiger partial charge on any atom is -0.481 e. The number of carboxylic acid groups (broad SMARTS) is 1. The van der Waals surface area contributed by atoms with Crippen molar-refractivity contribution in [1.29, 1.82) is 0 Å². The minimum absolute atomic E-state index is 0.317. The SMILES string of the molecule is CCC1CCCCC1SCCC(=O)O. The van der Waals surface area contributed by atoms with E-state index in [9.17, 15) is 4.79 Å². The van der Waals surface area contributed by atoms with E-state index in [2.05, 4.69) is 6.92 Å². The molecule has 0 heterocycles. The van der Waals surface area contributed by atoms with Crippen LogP contribution in [0, 0.1) is 5.92 Å². The molecular weight excluding hydrogens is 196 g/mol. The predicted octanol–water partition coefficient (Wildman–Crippen LogP) is 3.16. The highest BCUT2D eigenvalue weighted by atomic mass is 32.2. The Hall–Kier alpha value is -0.180. The topological polar surface area (TPSA) is 37.3 Å². The summed E-state index contributed by atoms with van der Waals surface area (Å²) in [5.74, 6) is 0.958. The first kappa shape index (κ1) is 11.9. The molecule has 1 rings (SSSR count). The average molecular weight is 216 g/mol. The Morgan fingerprint density at radius 3 is 2.79 bits per heavy atom. The first-order valence-corrected chi connectivity index (χ1v) is 6.62. The van der Waals surface area contributed by atoms with Crippen LogP contribution in [0.3, 0.4) is 0 Å². The largest absolute Gasteiger partial charge is 0.481 e. The van der Waals surface area contributed by atoms with E-state index in [0.717, 1.165) is 16.9 Å². The van der Waals surface area contributed by atoms with Crippen molar-refractivity contribution in [3.8, 4) is 0 Å². The monoisotopic (exact) mass is 216 g/mol. The van der Waals surface area contributed by atoms with Crippen LogP contribution < -0.4 is 0 Å². The van der Waals surface area contributed by atoms with Gasteiger partial charge in [-0.05, 0) is 18.8 Å². The normalized spacial score (nSPS) is 27.5. The van der Waals surface area contributed by atoms with Crippen LogP contribution in [0.2, 0.25) is 0 Å². The number of hydrogen-bond donors (Lipinski definition) is 1. The van der Waals surface area contributed by atoms with Crippen molar-refractivity contribution < 1.29 is 9.90 Å². The molecule has 0 aliphatic heterocycles. The molecule has 1 N–H and O–H groups in total. The van der Waals surface area contributed by atoms with Crippen molar-refractivity contribution in [2.45, 2.75) is 50.7 Å². The van der Waals surface area contributed by atoms with Crippen LogP contribution in [-0.4, -0.2) is 22.1 Å². The van der Waals surface area contributed by atoms with Crippen LogP contribution in [0.25, 0.3) is 0 Å². The predicted molar refractivity (Wildman–Crippen MR) is 60.7 cm³/mol. The number of rotatable bonds is 5. The zero-order valence-electron chi connectivity index (χ0n) is 8.87. The molecule has 0 spiro atoms. The van der Waals surface area contributed by atoms with Crippen LogP contribution >= 0.6 is 11.8 Å². The highest BCUT2D eigenvalue weighted by Crippen LogP contribution is 2.35. The molecule has 3 heteroatoms. The molecular formula is C11H20O2S. The second-order valence-corrected chi connectivity index (χ2v) is 5.35. The summed E-state index contributed by atoms with van der Waals surface area (Å²) in [4.78, 5) is 10.4. The standard InChI is InChI=1S/C11H20O2S/c1-2-9-5-3-4-6-10(9)14-8-7-11(12)13/h9-10H,2-8H2,1H3,(H,12,13). The Balaban J connectivity index is 2.22. The van der Waals surface area contributed by atoms with Gasteiger partial charge in [0.2, 0.25) is 0 Å². The third-order valence-corrected chi connectivity index (χ3v) is 4.50. The lowest BCUT2D eigenvalue weighted by atomic mass is 9.87. The van der Waals surface area contributed by atoms with Gasteiger partial charge in [-0.3, -0.25) is 4.79 Å². The van der Waals surface area contributed by atoms with E-state index in [1.54, 1.807) is 0 Å². The number of carbonyl (C=O) groups is 1.